The summed E-state index contributed by atoms with van der Waals surface area (Å²) in [4.78, 5) is 18.7. The lowest BCUT2D eigenvalue weighted by molar-refractivity contribution is -0.136. The predicted octanol–water partition coefficient (Wildman–Crippen LogP) is 3.00. The van der Waals surface area contributed by atoms with Gasteiger partial charge >= 0.3 is 6.18 Å². The normalized spacial score (nSPS) is 15.3. The highest BCUT2D eigenvalue weighted by atomic mass is 32.1. The van der Waals surface area contributed by atoms with Gasteiger partial charge in [0.25, 0.3) is 5.56 Å². The van der Waals surface area contributed by atoms with E-state index in [1.165, 1.54) is 11.7 Å². The second-order valence-electron chi connectivity index (χ2n) is 5.47. The molecule has 5 nitrogen and oxygen atoms in total. The SMILES string of the molecule is COCCn1c(=S)[nH]c(=O)c2c(C(F)(F)F)cc(C3CC3)nc21. The lowest BCUT2D eigenvalue weighted by Gasteiger charge is -2.15. The molecule has 23 heavy (non-hydrogen) atoms. The van der Waals surface area contributed by atoms with Gasteiger partial charge in [0, 0.05) is 18.7 Å². The molecule has 1 aliphatic carbocycles. The number of ether oxygens (including phenoxy) is 1. The third-order valence-electron chi connectivity index (χ3n) is 3.79. The zero-order chi connectivity index (χ0) is 16.8. The second-order valence-corrected chi connectivity index (χ2v) is 5.86. The van der Waals surface area contributed by atoms with Gasteiger partial charge < -0.3 is 9.30 Å². The molecule has 0 saturated heterocycles. The van der Waals surface area contributed by atoms with E-state index >= 15 is 0 Å². The Hall–Kier alpha value is -1.74. The lowest BCUT2D eigenvalue weighted by atomic mass is 10.1. The number of aromatic nitrogens is 3. The Morgan fingerprint density at radius 3 is 2.74 bits per heavy atom. The predicted molar refractivity (Wildman–Crippen MR) is 80.0 cm³/mol. The molecule has 3 rings (SSSR count). The van der Waals surface area contributed by atoms with Crippen LogP contribution in [0.5, 0.6) is 0 Å². The largest absolute Gasteiger partial charge is 0.417 e. The van der Waals surface area contributed by atoms with Gasteiger partial charge in [-0.3, -0.25) is 9.78 Å². The van der Waals surface area contributed by atoms with Gasteiger partial charge in [-0.2, -0.15) is 13.2 Å². The van der Waals surface area contributed by atoms with Crippen LogP contribution in [-0.2, 0) is 17.5 Å². The standard InChI is InChI=1S/C14H14F3N3O2S/c1-22-5-4-20-11-10(12(21)19-13(20)23)8(14(15,16)17)6-9(18-11)7-2-3-7/h6-7H,2-5H2,1H3,(H,19,21,23). The van der Waals surface area contributed by atoms with Gasteiger partial charge in [-0.25, -0.2) is 4.98 Å². The average Bonchev–Trinajstić information content (AvgIpc) is 3.29. The summed E-state index contributed by atoms with van der Waals surface area (Å²) < 4.78 is 46.6. The van der Waals surface area contributed by atoms with E-state index < -0.39 is 22.7 Å². The number of H-pyrrole nitrogens is 1. The van der Waals surface area contributed by atoms with Crippen molar-refractivity contribution in [3.63, 3.8) is 0 Å². The zero-order valence-electron chi connectivity index (χ0n) is 12.2. The number of halogens is 3. The van der Waals surface area contributed by atoms with Crippen LogP contribution >= 0.6 is 12.2 Å². The number of pyridine rings is 1. The number of hydrogen-bond donors (Lipinski definition) is 1. The third kappa shape index (κ3) is 3.02. The minimum Gasteiger partial charge on any atom is -0.383 e. The molecule has 124 valence electrons. The van der Waals surface area contributed by atoms with Crippen LogP contribution in [0, 0.1) is 4.77 Å². The van der Waals surface area contributed by atoms with E-state index in [0.29, 0.717) is 5.69 Å². The van der Waals surface area contributed by atoms with E-state index in [0.717, 1.165) is 18.9 Å². The van der Waals surface area contributed by atoms with E-state index in [-0.39, 0.29) is 29.5 Å². The highest BCUT2D eigenvalue weighted by Crippen LogP contribution is 2.42. The van der Waals surface area contributed by atoms with Gasteiger partial charge in [0.2, 0.25) is 0 Å². The fourth-order valence-electron chi connectivity index (χ4n) is 2.50. The number of hydrogen-bond acceptors (Lipinski definition) is 4. The number of rotatable bonds is 4. The van der Waals surface area contributed by atoms with E-state index in [2.05, 4.69) is 9.97 Å². The van der Waals surface area contributed by atoms with Crippen LogP contribution < -0.4 is 5.56 Å². The summed E-state index contributed by atoms with van der Waals surface area (Å²) in [5.41, 5.74) is -1.52. The van der Waals surface area contributed by atoms with Crippen molar-refractivity contribution >= 4 is 23.3 Å². The van der Waals surface area contributed by atoms with Gasteiger partial charge in [-0.1, -0.05) is 0 Å². The van der Waals surface area contributed by atoms with Crippen molar-refractivity contribution in [2.75, 3.05) is 13.7 Å². The first-order chi connectivity index (χ1) is 10.8. The average molecular weight is 345 g/mol. The monoisotopic (exact) mass is 345 g/mol. The van der Waals surface area contributed by atoms with Crippen molar-refractivity contribution in [2.45, 2.75) is 31.5 Å². The summed E-state index contributed by atoms with van der Waals surface area (Å²) in [6, 6.07) is 0.985. The maximum Gasteiger partial charge on any atom is 0.417 e. The van der Waals surface area contributed by atoms with E-state index in [1.54, 1.807) is 0 Å². The molecule has 0 amide bonds. The van der Waals surface area contributed by atoms with Gasteiger partial charge in [0.05, 0.1) is 24.1 Å². The molecule has 1 aliphatic rings. The molecule has 1 fully saturated rings. The fourth-order valence-corrected chi connectivity index (χ4v) is 2.77. The molecule has 1 N–H and O–H groups in total. The van der Waals surface area contributed by atoms with Crippen LogP contribution in [0.15, 0.2) is 10.9 Å². The molecule has 0 aliphatic heterocycles. The molecule has 2 heterocycles. The Balaban J connectivity index is 2.38. The number of aromatic amines is 1. The molecule has 0 spiro atoms. The molecule has 0 bridgehead atoms. The highest BCUT2D eigenvalue weighted by molar-refractivity contribution is 7.71. The third-order valence-corrected chi connectivity index (χ3v) is 4.11. The Bertz CT molecular complexity index is 868. The van der Waals surface area contributed by atoms with E-state index in [4.69, 9.17) is 17.0 Å². The number of nitrogens with zero attached hydrogens (tertiary/aromatic N) is 2. The molecule has 2 aromatic rings. The van der Waals surface area contributed by atoms with Crippen molar-refractivity contribution in [3.8, 4) is 0 Å². The Morgan fingerprint density at radius 1 is 1.48 bits per heavy atom. The van der Waals surface area contributed by atoms with Crippen molar-refractivity contribution in [3.05, 3.63) is 32.4 Å². The number of nitrogens with one attached hydrogen (secondary N) is 1. The highest BCUT2D eigenvalue weighted by Gasteiger charge is 2.37. The summed E-state index contributed by atoms with van der Waals surface area (Å²) in [6.07, 6.45) is -3.03. The maximum absolute atomic E-state index is 13.4. The maximum atomic E-state index is 13.4. The molecule has 0 unspecified atom stereocenters. The molecule has 0 aromatic carbocycles. The van der Waals surface area contributed by atoms with Crippen LogP contribution in [0.25, 0.3) is 11.0 Å². The molecule has 2 aromatic heterocycles. The molecule has 0 atom stereocenters. The zero-order valence-corrected chi connectivity index (χ0v) is 13.1. The van der Waals surface area contributed by atoms with E-state index in [9.17, 15) is 18.0 Å². The van der Waals surface area contributed by atoms with Crippen molar-refractivity contribution in [2.24, 2.45) is 0 Å². The summed E-state index contributed by atoms with van der Waals surface area (Å²) in [5, 5.41) is -0.480. The first kappa shape index (κ1) is 16.1. The Morgan fingerprint density at radius 2 is 2.17 bits per heavy atom. The number of fused-ring (bicyclic) bond motifs is 1. The fraction of sp³-hybridized carbons (Fsp3) is 0.500. The Kier molecular flexibility index (Phi) is 4.01. The van der Waals surface area contributed by atoms with E-state index in [1.807, 2.05) is 0 Å². The first-order valence-corrected chi connectivity index (χ1v) is 7.47. The van der Waals surface area contributed by atoms with Crippen molar-refractivity contribution in [1.82, 2.24) is 14.5 Å². The minimum absolute atomic E-state index is 0.0178. The van der Waals surface area contributed by atoms with Crippen molar-refractivity contribution < 1.29 is 17.9 Å². The number of alkyl halides is 3. The first-order valence-electron chi connectivity index (χ1n) is 7.07. The van der Waals surface area contributed by atoms with Gasteiger partial charge in [0.15, 0.2) is 4.77 Å². The van der Waals surface area contributed by atoms with Gasteiger partial charge in [-0.05, 0) is 31.1 Å². The molecular formula is C14H14F3N3O2S. The lowest BCUT2D eigenvalue weighted by Crippen LogP contribution is -2.22. The topological polar surface area (TPSA) is 59.9 Å². The van der Waals surface area contributed by atoms with Crippen molar-refractivity contribution in [1.29, 1.82) is 0 Å². The van der Waals surface area contributed by atoms with Gasteiger partial charge in [-0.15, -0.1) is 0 Å². The summed E-state index contributed by atoms with van der Waals surface area (Å²) >= 11 is 5.07. The summed E-state index contributed by atoms with van der Waals surface area (Å²) in [6.45, 7) is 0.452. The second kappa shape index (κ2) is 5.72. The molecular weight excluding hydrogens is 331 g/mol. The molecule has 9 heteroatoms. The van der Waals surface area contributed by atoms with Crippen LogP contribution in [0.1, 0.15) is 30.0 Å². The minimum atomic E-state index is -4.64. The summed E-state index contributed by atoms with van der Waals surface area (Å²) in [7, 11) is 1.47. The quantitative estimate of drug-likeness (QED) is 0.866. The summed E-state index contributed by atoms with van der Waals surface area (Å²) in [5.74, 6) is 0.0178. The van der Waals surface area contributed by atoms with Crippen LogP contribution in [0.3, 0.4) is 0 Å². The number of methoxy groups -OCH3 is 1. The molecule has 1 saturated carbocycles. The van der Waals surface area contributed by atoms with Crippen LogP contribution in [0.2, 0.25) is 0 Å². The smallest absolute Gasteiger partial charge is 0.383 e. The van der Waals surface area contributed by atoms with Crippen LogP contribution in [0.4, 0.5) is 13.2 Å². The Labute approximate surface area is 134 Å². The van der Waals surface area contributed by atoms with Gasteiger partial charge in [0.1, 0.15) is 5.65 Å². The molecule has 0 radical (unpaired) electrons. The van der Waals surface area contributed by atoms with Crippen LogP contribution in [-0.4, -0.2) is 28.3 Å².